The highest BCUT2D eigenvalue weighted by Gasteiger charge is 2.31. The minimum absolute atomic E-state index is 0.112. The Balaban J connectivity index is 2.21. The van der Waals surface area contributed by atoms with Crippen molar-refractivity contribution in [2.75, 3.05) is 7.11 Å². The predicted octanol–water partition coefficient (Wildman–Crippen LogP) is 4.82. The van der Waals surface area contributed by atoms with E-state index in [1.54, 1.807) is 70.2 Å². The van der Waals surface area contributed by atoms with Crippen LogP contribution in [0.1, 0.15) is 47.2 Å². The number of carbonyl (C=O) groups excluding carboxylic acids is 3. The van der Waals surface area contributed by atoms with Gasteiger partial charge in [0.2, 0.25) is 0 Å². The van der Waals surface area contributed by atoms with Gasteiger partial charge in [0.25, 0.3) is 11.7 Å². The van der Waals surface area contributed by atoms with E-state index in [4.69, 9.17) is 21.1 Å². The zero-order valence-corrected chi connectivity index (χ0v) is 18.2. The van der Waals surface area contributed by atoms with Gasteiger partial charge in [0.15, 0.2) is 0 Å². The second-order valence-electron chi connectivity index (χ2n) is 7.82. The van der Waals surface area contributed by atoms with Crippen LogP contribution in [0.3, 0.4) is 0 Å². The number of aromatic nitrogens is 1. The summed E-state index contributed by atoms with van der Waals surface area (Å²) >= 11 is 5.93. The number of carbonyl (C=O) groups is 3. The number of benzene rings is 2. The molecule has 0 spiro atoms. The van der Waals surface area contributed by atoms with Crippen molar-refractivity contribution >= 4 is 40.2 Å². The zero-order valence-electron chi connectivity index (χ0n) is 17.4. The van der Waals surface area contributed by atoms with Crippen molar-refractivity contribution in [1.82, 2.24) is 4.57 Å². The van der Waals surface area contributed by atoms with Gasteiger partial charge in [0, 0.05) is 21.7 Å². The Morgan fingerprint density at radius 3 is 2.20 bits per heavy atom. The van der Waals surface area contributed by atoms with Gasteiger partial charge < -0.3 is 9.47 Å². The summed E-state index contributed by atoms with van der Waals surface area (Å²) in [6.45, 7) is 6.67. The van der Waals surface area contributed by atoms with Gasteiger partial charge in [-0.2, -0.15) is 0 Å². The molecule has 0 amide bonds. The van der Waals surface area contributed by atoms with Crippen LogP contribution < -0.4 is 4.74 Å². The van der Waals surface area contributed by atoms with Crippen LogP contribution in [-0.2, 0) is 9.53 Å². The summed E-state index contributed by atoms with van der Waals surface area (Å²) in [5, 5.41) is 0.941. The lowest BCUT2D eigenvalue weighted by molar-refractivity contribution is -0.148. The first-order chi connectivity index (χ1) is 14.0. The Bertz CT molecular complexity index is 1150. The van der Waals surface area contributed by atoms with Crippen LogP contribution >= 0.6 is 11.6 Å². The number of ether oxygens (including phenoxy) is 2. The maximum Gasteiger partial charge on any atom is 0.380 e. The third kappa shape index (κ3) is 4.09. The van der Waals surface area contributed by atoms with Gasteiger partial charge in [0.1, 0.15) is 11.4 Å². The molecule has 1 aromatic heterocycles. The summed E-state index contributed by atoms with van der Waals surface area (Å²) in [5.74, 6) is -1.64. The summed E-state index contributed by atoms with van der Waals surface area (Å²) < 4.78 is 11.9. The molecule has 0 saturated heterocycles. The first-order valence-corrected chi connectivity index (χ1v) is 9.68. The average Bonchev–Trinajstić information content (AvgIpc) is 2.96. The number of hydrogen-bond acceptors (Lipinski definition) is 5. The summed E-state index contributed by atoms with van der Waals surface area (Å²) in [7, 11) is 1.50. The number of halogens is 1. The molecule has 0 atom stereocenters. The Hall–Kier alpha value is -3.12. The number of fused-ring (bicyclic) bond motifs is 1. The number of Topliss-reactive ketones (excluding diaryl/α,β-unsaturated/α-hetero) is 1. The molecule has 0 aliphatic heterocycles. The first kappa shape index (κ1) is 21.6. The molecule has 0 radical (unpaired) electrons. The molecule has 0 unspecified atom stereocenters. The van der Waals surface area contributed by atoms with E-state index >= 15 is 0 Å². The van der Waals surface area contributed by atoms with Crippen LogP contribution in [0.5, 0.6) is 5.75 Å². The van der Waals surface area contributed by atoms with E-state index in [0.717, 1.165) is 0 Å². The summed E-state index contributed by atoms with van der Waals surface area (Å²) in [6, 6.07) is 11.4. The lowest BCUT2D eigenvalue weighted by Gasteiger charge is -2.18. The molecular formula is C23H22ClNO5. The van der Waals surface area contributed by atoms with Gasteiger partial charge in [-0.15, -0.1) is 0 Å². The molecule has 3 aromatic rings. The molecular weight excluding hydrogens is 406 g/mol. The average molecular weight is 428 g/mol. The molecule has 0 bridgehead atoms. The standard InChI is InChI=1S/C23H22ClNO5/c1-13-19(20(26)22(28)30-23(2,3)4)17-12-16(29-5)10-11-18(17)25(13)21(27)14-6-8-15(24)9-7-14/h6-12H,1-5H3. The molecule has 0 aliphatic rings. The van der Waals surface area contributed by atoms with Crippen LogP contribution in [0.25, 0.3) is 10.9 Å². The lowest BCUT2D eigenvalue weighted by Crippen LogP contribution is -2.29. The van der Waals surface area contributed by atoms with E-state index in [2.05, 4.69) is 0 Å². The molecule has 7 heteroatoms. The van der Waals surface area contributed by atoms with Gasteiger partial charge in [0.05, 0.1) is 18.2 Å². The lowest BCUT2D eigenvalue weighted by atomic mass is 10.1. The quantitative estimate of drug-likeness (QED) is 0.339. The van der Waals surface area contributed by atoms with Gasteiger partial charge in [-0.3, -0.25) is 14.2 Å². The van der Waals surface area contributed by atoms with Crippen molar-refractivity contribution in [1.29, 1.82) is 0 Å². The maximum absolute atomic E-state index is 13.2. The Kier molecular flexibility index (Phi) is 5.72. The second kappa shape index (κ2) is 7.95. The van der Waals surface area contributed by atoms with Crippen molar-refractivity contribution < 1.29 is 23.9 Å². The van der Waals surface area contributed by atoms with Crippen molar-refractivity contribution in [3.05, 3.63) is 64.3 Å². The highest BCUT2D eigenvalue weighted by atomic mass is 35.5. The molecule has 0 N–H and O–H groups in total. The molecule has 0 saturated carbocycles. The van der Waals surface area contributed by atoms with Crippen LogP contribution in [0.2, 0.25) is 5.02 Å². The van der Waals surface area contributed by atoms with Crippen LogP contribution in [-0.4, -0.2) is 34.9 Å². The molecule has 3 rings (SSSR count). The summed E-state index contributed by atoms with van der Waals surface area (Å²) in [6.07, 6.45) is 0. The van der Waals surface area contributed by atoms with E-state index in [1.165, 1.54) is 11.7 Å². The predicted molar refractivity (Wildman–Crippen MR) is 115 cm³/mol. The first-order valence-electron chi connectivity index (χ1n) is 9.30. The van der Waals surface area contributed by atoms with Crippen LogP contribution in [0.15, 0.2) is 42.5 Å². The maximum atomic E-state index is 13.2. The van der Waals surface area contributed by atoms with Gasteiger partial charge in [-0.25, -0.2) is 4.79 Å². The fourth-order valence-electron chi connectivity index (χ4n) is 3.22. The zero-order chi connectivity index (χ0) is 22.2. The molecule has 2 aromatic carbocycles. The minimum Gasteiger partial charge on any atom is -0.497 e. The van der Waals surface area contributed by atoms with Gasteiger partial charge in [-0.1, -0.05) is 11.6 Å². The molecule has 1 heterocycles. The smallest absolute Gasteiger partial charge is 0.380 e. The van der Waals surface area contributed by atoms with Crippen LogP contribution in [0.4, 0.5) is 0 Å². The Labute approximate surface area is 179 Å². The van der Waals surface area contributed by atoms with Crippen LogP contribution in [0, 0.1) is 6.92 Å². The monoisotopic (exact) mass is 427 g/mol. The number of rotatable bonds is 4. The second-order valence-corrected chi connectivity index (χ2v) is 8.26. The highest BCUT2D eigenvalue weighted by molar-refractivity contribution is 6.43. The fourth-order valence-corrected chi connectivity index (χ4v) is 3.35. The van der Waals surface area contributed by atoms with E-state index in [9.17, 15) is 14.4 Å². The number of esters is 1. The van der Waals surface area contributed by atoms with E-state index < -0.39 is 17.4 Å². The molecule has 156 valence electrons. The topological polar surface area (TPSA) is 74.6 Å². The van der Waals surface area contributed by atoms with Crippen molar-refractivity contribution in [2.45, 2.75) is 33.3 Å². The van der Waals surface area contributed by atoms with Gasteiger partial charge in [-0.05, 0) is 70.2 Å². The third-order valence-corrected chi connectivity index (χ3v) is 4.77. The third-order valence-electron chi connectivity index (χ3n) is 4.52. The normalized spacial score (nSPS) is 11.4. The number of ketones is 1. The number of nitrogens with zero attached hydrogens (tertiary/aromatic N) is 1. The highest BCUT2D eigenvalue weighted by Crippen LogP contribution is 2.31. The number of hydrogen-bond donors (Lipinski definition) is 0. The van der Waals surface area contributed by atoms with Crippen molar-refractivity contribution in [3.8, 4) is 5.75 Å². The fraction of sp³-hybridized carbons (Fsp3) is 0.261. The Morgan fingerprint density at radius 1 is 1.00 bits per heavy atom. The van der Waals surface area contributed by atoms with Crippen molar-refractivity contribution in [3.63, 3.8) is 0 Å². The molecule has 0 fully saturated rings. The SMILES string of the molecule is COc1ccc2c(c1)c(C(=O)C(=O)OC(C)(C)C)c(C)n2C(=O)c1ccc(Cl)cc1. The summed E-state index contributed by atoms with van der Waals surface area (Å²) in [4.78, 5) is 38.7. The minimum atomic E-state index is -0.980. The molecule has 30 heavy (non-hydrogen) atoms. The summed E-state index contributed by atoms with van der Waals surface area (Å²) in [5.41, 5.74) is 0.511. The molecule has 6 nitrogen and oxygen atoms in total. The van der Waals surface area contributed by atoms with E-state index in [1.807, 2.05) is 0 Å². The largest absolute Gasteiger partial charge is 0.497 e. The number of methoxy groups -OCH3 is 1. The molecule has 0 aliphatic carbocycles. The van der Waals surface area contributed by atoms with E-state index in [0.29, 0.717) is 32.9 Å². The van der Waals surface area contributed by atoms with E-state index in [-0.39, 0.29) is 11.5 Å². The van der Waals surface area contributed by atoms with Gasteiger partial charge >= 0.3 is 5.97 Å². The van der Waals surface area contributed by atoms with Crippen molar-refractivity contribution in [2.24, 2.45) is 0 Å². The Morgan fingerprint density at radius 2 is 1.63 bits per heavy atom.